The molecule has 0 bridgehead atoms. The van der Waals surface area contributed by atoms with Gasteiger partial charge in [0.2, 0.25) is 11.8 Å². The van der Waals surface area contributed by atoms with Crippen LogP contribution in [0.3, 0.4) is 0 Å². The van der Waals surface area contributed by atoms with Gasteiger partial charge in [-0.15, -0.1) is 0 Å². The number of halogens is 4. The summed E-state index contributed by atoms with van der Waals surface area (Å²) in [6.07, 6.45) is 0. The molecule has 0 fully saturated rings. The van der Waals surface area contributed by atoms with Crippen molar-refractivity contribution in [1.29, 1.82) is 0 Å². The fraction of sp³-hybridized carbons (Fsp3) is 0.231. The summed E-state index contributed by atoms with van der Waals surface area (Å²) in [6, 6.07) is 14.4. The van der Waals surface area contributed by atoms with E-state index in [1.807, 2.05) is 6.92 Å². The van der Waals surface area contributed by atoms with E-state index in [1.165, 1.54) is 49.2 Å². The number of hydrogen-bond donors (Lipinski definition) is 1. The van der Waals surface area contributed by atoms with Crippen LogP contribution in [0.25, 0.3) is 0 Å². The molecule has 2 amide bonds. The van der Waals surface area contributed by atoms with Gasteiger partial charge in [-0.2, -0.15) is 0 Å². The lowest BCUT2D eigenvalue weighted by atomic mass is 10.1. The molecular formula is C26H25Cl4N3O4S. The van der Waals surface area contributed by atoms with Gasteiger partial charge in [0.25, 0.3) is 10.0 Å². The summed E-state index contributed by atoms with van der Waals surface area (Å²) in [5.41, 5.74) is 1.28. The zero-order valence-electron chi connectivity index (χ0n) is 20.7. The van der Waals surface area contributed by atoms with Gasteiger partial charge < -0.3 is 10.2 Å². The van der Waals surface area contributed by atoms with Gasteiger partial charge in [-0.3, -0.25) is 13.9 Å². The molecule has 1 N–H and O–H groups in total. The number of aryl methyl sites for hydroxylation is 1. The van der Waals surface area contributed by atoms with E-state index >= 15 is 0 Å². The van der Waals surface area contributed by atoms with Crippen molar-refractivity contribution in [2.24, 2.45) is 0 Å². The zero-order valence-corrected chi connectivity index (χ0v) is 24.6. The predicted octanol–water partition coefficient (Wildman–Crippen LogP) is 5.97. The molecule has 0 spiro atoms. The summed E-state index contributed by atoms with van der Waals surface area (Å²) >= 11 is 25.2. The van der Waals surface area contributed by atoms with E-state index in [2.05, 4.69) is 5.32 Å². The minimum absolute atomic E-state index is 0.0106. The van der Waals surface area contributed by atoms with Crippen molar-refractivity contribution in [2.75, 3.05) is 17.9 Å². The number of nitrogens with zero attached hydrogens (tertiary/aromatic N) is 2. The first-order valence-corrected chi connectivity index (χ1v) is 14.3. The average Bonchev–Trinajstić information content (AvgIpc) is 2.87. The average molecular weight is 617 g/mol. The third-order valence-corrected chi connectivity index (χ3v) is 8.91. The Morgan fingerprint density at radius 2 is 1.53 bits per heavy atom. The van der Waals surface area contributed by atoms with Crippen LogP contribution in [0.2, 0.25) is 20.1 Å². The SMILES string of the molecule is CNC(=O)[C@@H](C)N(Cc1c(Cl)cccc1Cl)C(=O)CN(c1cc(Cl)ccc1Cl)S(=O)(=O)c1ccc(C)cc1. The summed E-state index contributed by atoms with van der Waals surface area (Å²) in [7, 11) is -2.85. The Morgan fingerprint density at radius 3 is 2.11 bits per heavy atom. The molecule has 0 unspecified atom stereocenters. The Kier molecular flexibility index (Phi) is 9.95. The standard InChI is InChI=1S/C26H25Cl4N3O4S/c1-16-7-10-19(11-8-16)38(36,37)33(24-13-18(27)9-12-23(24)30)15-25(34)32(17(2)26(35)31-3)14-20-21(28)5-4-6-22(20)29/h4-13,17H,14-15H2,1-3H3,(H,31,35)/t17-/m1/s1. The number of carbonyl (C=O) groups excluding carboxylic acids is 2. The van der Waals surface area contributed by atoms with Crippen molar-refractivity contribution >= 4 is 73.9 Å². The van der Waals surface area contributed by atoms with Crippen molar-refractivity contribution in [3.8, 4) is 0 Å². The van der Waals surface area contributed by atoms with E-state index in [0.717, 1.165) is 9.87 Å². The molecule has 3 aromatic carbocycles. The lowest BCUT2D eigenvalue weighted by Gasteiger charge is -2.32. The fourth-order valence-corrected chi connectivity index (χ4v) is 6.05. The lowest BCUT2D eigenvalue weighted by molar-refractivity contribution is -0.139. The number of sulfonamides is 1. The maximum Gasteiger partial charge on any atom is 0.264 e. The van der Waals surface area contributed by atoms with E-state index < -0.39 is 34.4 Å². The molecule has 12 heteroatoms. The normalized spacial score (nSPS) is 12.1. The van der Waals surface area contributed by atoms with Crippen LogP contribution in [0.15, 0.2) is 65.6 Å². The van der Waals surface area contributed by atoms with Gasteiger partial charge in [-0.05, 0) is 56.3 Å². The van der Waals surface area contributed by atoms with Crippen LogP contribution in [0.1, 0.15) is 18.1 Å². The van der Waals surface area contributed by atoms with E-state index in [9.17, 15) is 18.0 Å². The number of carbonyl (C=O) groups is 2. The first kappa shape index (κ1) is 30.1. The summed E-state index contributed by atoms with van der Waals surface area (Å²) in [5.74, 6) is -1.15. The first-order chi connectivity index (χ1) is 17.9. The maximum absolute atomic E-state index is 13.8. The van der Waals surface area contributed by atoms with Crippen molar-refractivity contribution in [3.63, 3.8) is 0 Å². The molecule has 0 heterocycles. The van der Waals surface area contributed by atoms with Crippen molar-refractivity contribution in [1.82, 2.24) is 10.2 Å². The molecule has 0 radical (unpaired) electrons. The number of rotatable bonds is 9. The molecular weight excluding hydrogens is 592 g/mol. The highest BCUT2D eigenvalue weighted by atomic mass is 35.5. The second-order valence-corrected chi connectivity index (χ2v) is 12.0. The molecule has 7 nitrogen and oxygen atoms in total. The van der Waals surface area contributed by atoms with Crippen LogP contribution in [0.4, 0.5) is 5.69 Å². The monoisotopic (exact) mass is 615 g/mol. The van der Waals surface area contributed by atoms with Crippen LogP contribution in [0.5, 0.6) is 0 Å². The lowest BCUT2D eigenvalue weighted by Crippen LogP contribution is -2.50. The molecule has 0 saturated carbocycles. The summed E-state index contributed by atoms with van der Waals surface area (Å²) in [4.78, 5) is 27.6. The molecule has 202 valence electrons. The number of nitrogens with one attached hydrogen (secondary N) is 1. The van der Waals surface area contributed by atoms with Gasteiger partial charge in [-0.25, -0.2) is 8.42 Å². The topological polar surface area (TPSA) is 86.8 Å². The largest absolute Gasteiger partial charge is 0.357 e. The molecule has 0 aliphatic heterocycles. The summed E-state index contributed by atoms with van der Waals surface area (Å²) < 4.78 is 28.5. The molecule has 0 aliphatic rings. The number of likely N-dealkylation sites (N-methyl/N-ethyl adjacent to an activating group) is 1. The Hall–Kier alpha value is -2.49. The Balaban J connectivity index is 2.11. The highest BCUT2D eigenvalue weighted by Crippen LogP contribution is 2.34. The van der Waals surface area contributed by atoms with Crippen LogP contribution in [-0.2, 0) is 26.2 Å². The maximum atomic E-state index is 13.8. The van der Waals surface area contributed by atoms with Gasteiger partial charge >= 0.3 is 0 Å². The van der Waals surface area contributed by atoms with Crippen molar-refractivity contribution in [3.05, 3.63) is 91.9 Å². The second kappa shape index (κ2) is 12.6. The molecule has 0 saturated heterocycles. The van der Waals surface area contributed by atoms with Crippen LogP contribution < -0.4 is 9.62 Å². The Labute approximate surface area is 242 Å². The Morgan fingerprint density at radius 1 is 0.921 bits per heavy atom. The number of amides is 2. The van der Waals surface area contributed by atoms with E-state index in [1.54, 1.807) is 30.3 Å². The smallest absolute Gasteiger partial charge is 0.264 e. The number of anilines is 1. The van der Waals surface area contributed by atoms with Crippen LogP contribution in [-0.4, -0.2) is 44.8 Å². The highest BCUT2D eigenvalue weighted by Gasteiger charge is 2.33. The van der Waals surface area contributed by atoms with Gasteiger partial charge in [0.15, 0.2) is 0 Å². The van der Waals surface area contributed by atoms with Gasteiger partial charge in [0.1, 0.15) is 12.6 Å². The third-order valence-electron chi connectivity index (χ3n) is 5.87. The molecule has 3 rings (SSSR count). The van der Waals surface area contributed by atoms with E-state index in [4.69, 9.17) is 46.4 Å². The summed E-state index contributed by atoms with van der Waals surface area (Å²) in [6.45, 7) is 2.52. The van der Waals surface area contributed by atoms with Gasteiger partial charge in [0, 0.05) is 34.2 Å². The number of hydrogen-bond acceptors (Lipinski definition) is 4. The van der Waals surface area contributed by atoms with E-state index in [-0.39, 0.29) is 27.2 Å². The minimum atomic E-state index is -4.29. The Bertz CT molecular complexity index is 1430. The fourth-order valence-electron chi connectivity index (χ4n) is 3.67. The van der Waals surface area contributed by atoms with E-state index in [0.29, 0.717) is 15.6 Å². The quantitative estimate of drug-likeness (QED) is 0.321. The number of benzene rings is 3. The summed E-state index contributed by atoms with van der Waals surface area (Å²) in [5, 5.41) is 3.38. The van der Waals surface area contributed by atoms with Crippen LogP contribution in [0, 0.1) is 6.92 Å². The zero-order chi connectivity index (χ0) is 28.2. The highest BCUT2D eigenvalue weighted by molar-refractivity contribution is 7.92. The molecule has 3 aromatic rings. The predicted molar refractivity (Wildman–Crippen MR) is 153 cm³/mol. The second-order valence-electron chi connectivity index (χ2n) is 8.43. The minimum Gasteiger partial charge on any atom is -0.357 e. The first-order valence-electron chi connectivity index (χ1n) is 11.3. The molecule has 0 aromatic heterocycles. The third kappa shape index (κ3) is 6.74. The van der Waals surface area contributed by atoms with Crippen molar-refractivity contribution < 1.29 is 18.0 Å². The van der Waals surface area contributed by atoms with Crippen LogP contribution >= 0.6 is 46.4 Å². The molecule has 0 aliphatic carbocycles. The van der Waals surface area contributed by atoms with Gasteiger partial charge in [-0.1, -0.05) is 70.2 Å². The molecule has 38 heavy (non-hydrogen) atoms. The molecule has 1 atom stereocenters. The van der Waals surface area contributed by atoms with Crippen molar-refractivity contribution in [2.45, 2.75) is 31.3 Å². The van der Waals surface area contributed by atoms with Gasteiger partial charge in [0.05, 0.1) is 15.6 Å².